The molecule has 0 aromatic carbocycles. The second-order valence-corrected chi connectivity index (χ2v) is 7.27. The summed E-state index contributed by atoms with van der Waals surface area (Å²) in [6, 6.07) is 0. The van der Waals surface area contributed by atoms with Gasteiger partial charge < -0.3 is 5.73 Å². The molecule has 0 spiro atoms. The molecular formula is C13H18F6N+. The summed E-state index contributed by atoms with van der Waals surface area (Å²) in [6.45, 7) is 0. The average Bonchev–Trinajstić information content (AvgIpc) is 2.22. The fourth-order valence-corrected chi connectivity index (χ4v) is 5.32. The Morgan fingerprint density at radius 2 is 1.45 bits per heavy atom. The van der Waals surface area contributed by atoms with E-state index in [-0.39, 0.29) is 31.1 Å². The summed E-state index contributed by atoms with van der Waals surface area (Å²) >= 11 is 0. The first-order chi connectivity index (χ1) is 8.98. The lowest BCUT2D eigenvalue weighted by Gasteiger charge is -2.61. The van der Waals surface area contributed by atoms with E-state index < -0.39 is 29.2 Å². The van der Waals surface area contributed by atoms with Gasteiger partial charge in [-0.1, -0.05) is 0 Å². The van der Waals surface area contributed by atoms with Crippen molar-refractivity contribution in [2.75, 3.05) is 0 Å². The quantitative estimate of drug-likeness (QED) is 0.759. The number of alkyl halides is 6. The molecule has 1 nitrogen and oxygen atoms in total. The summed E-state index contributed by atoms with van der Waals surface area (Å²) in [7, 11) is 0. The van der Waals surface area contributed by atoms with Crippen LogP contribution in [0.3, 0.4) is 0 Å². The van der Waals surface area contributed by atoms with E-state index in [0.29, 0.717) is 12.8 Å². The molecule has 0 aromatic rings. The van der Waals surface area contributed by atoms with E-state index >= 15 is 0 Å². The minimum atomic E-state index is -5.51. The number of halogens is 6. The van der Waals surface area contributed by atoms with Crippen molar-refractivity contribution < 1.29 is 32.1 Å². The van der Waals surface area contributed by atoms with Crippen LogP contribution in [0.4, 0.5) is 26.3 Å². The summed E-state index contributed by atoms with van der Waals surface area (Å²) in [5.41, 5.74) is 1.54. The van der Waals surface area contributed by atoms with Crippen molar-refractivity contribution in [3.05, 3.63) is 0 Å². The van der Waals surface area contributed by atoms with Gasteiger partial charge in [-0.05, 0) is 31.1 Å². The van der Waals surface area contributed by atoms with Crippen molar-refractivity contribution in [2.24, 2.45) is 17.3 Å². The van der Waals surface area contributed by atoms with Crippen molar-refractivity contribution in [3.8, 4) is 0 Å². The van der Waals surface area contributed by atoms with Gasteiger partial charge >= 0.3 is 6.18 Å². The number of hydrogen-bond acceptors (Lipinski definition) is 0. The molecular weight excluding hydrogens is 284 g/mol. The van der Waals surface area contributed by atoms with Gasteiger partial charge in [-0.2, -0.15) is 13.2 Å². The molecule has 0 amide bonds. The first-order valence-corrected chi connectivity index (χ1v) is 6.91. The molecule has 4 rings (SSSR count). The van der Waals surface area contributed by atoms with Gasteiger partial charge in [-0.15, -0.1) is 0 Å². The zero-order valence-electron chi connectivity index (χ0n) is 10.9. The van der Waals surface area contributed by atoms with Crippen LogP contribution in [-0.4, -0.2) is 23.8 Å². The minimum Gasteiger partial charge on any atom is -0.353 e. The topological polar surface area (TPSA) is 27.6 Å². The zero-order valence-corrected chi connectivity index (χ0v) is 10.9. The molecule has 0 aliphatic heterocycles. The Kier molecular flexibility index (Phi) is 2.78. The third kappa shape index (κ3) is 1.88. The monoisotopic (exact) mass is 302 g/mol. The second kappa shape index (κ2) is 3.84. The summed E-state index contributed by atoms with van der Waals surface area (Å²) < 4.78 is 79.4. The van der Waals surface area contributed by atoms with E-state index in [1.807, 2.05) is 0 Å². The fraction of sp³-hybridized carbons (Fsp3) is 1.00. The van der Waals surface area contributed by atoms with E-state index in [9.17, 15) is 26.3 Å². The molecule has 0 aromatic heterocycles. The van der Waals surface area contributed by atoms with Crippen molar-refractivity contribution >= 4 is 0 Å². The van der Waals surface area contributed by atoms with Crippen molar-refractivity contribution in [3.63, 3.8) is 0 Å². The number of quaternary nitrogens is 1. The number of rotatable bonds is 2. The second-order valence-electron chi connectivity index (χ2n) is 7.27. The highest BCUT2D eigenvalue weighted by molar-refractivity contribution is 5.14. The van der Waals surface area contributed by atoms with Gasteiger partial charge in [0.1, 0.15) is 0 Å². The van der Waals surface area contributed by atoms with E-state index in [0.717, 1.165) is 6.42 Å². The molecule has 4 bridgehead atoms. The van der Waals surface area contributed by atoms with Crippen LogP contribution < -0.4 is 5.73 Å². The SMILES string of the molecule is [NH3+]C12C[C@@H]3C[C@@H](C1)CC(C(F)(F)[C@H](F)C(F)(F)F)(C3)C2. The summed E-state index contributed by atoms with van der Waals surface area (Å²) in [6.07, 6.45) is -7.52. The lowest BCUT2D eigenvalue weighted by molar-refractivity contribution is -0.517. The standard InChI is InChI=1S/C13H17F6N/c14-9(13(17,18)19)12(15,16)10-2-7-1-8(3-10)5-11(20,4-7)6-10/h7-9H,1-6,20H2/p+1/t7-,8-,9+,10?,11?/m1/s1. The van der Waals surface area contributed by atoms with Crippen molar-refractivity contribution in [1.82, 2.24) is 0 Å². The smallest absolute Gasteiger partial charge is 0.353 e. The van der Waals surface area contributed by atoms with Crippen LogP contribution in [0.5, 0.6) is 0 Å². The fourth-order valence-electron chi connectivity index (χ4n) is 5.32. The molecule has 3 N–H and O–H groups in total. The van der Waals surface area contributed by atoms with Gasteiger partial charge in [0.2, 0.25) is 0 Å². The molecule has 4 saturated carbocycles. The van der Waals surface area contributed by atoms with E-state index in [1.54, 1.807) is 0 Å². The Bertz CT molecular complexity index is 404. The lowest BCUT2D eigenvalue weighted by atomic mass is 9.45. The van der Waals surface area contributed by atoms with E-state index in [2.05, 4.69) is 5.73 Å². The lowest BCUT2D eigenvalue weighted by Crippen LogP contribution is -2.81. The molecule has 4 aliphatic carbocycles. The first-order valence-electron chi connectivity index (χ1n) is 6.91. The van der Waals surface area contributed by atoms with Gasteiger partial charge in [0, 0.05) is 24.7 Å². The zero-order chi connectivity index (χ0) is 15.0. The maximum Gasteiger partial charge on any atom is 0.425 e. The molecule has 0 heterocycles. The predicted molar refractivity (Wildman–Crippen MR) is 58.6 cm³/mol. The van der Waals surface area contributed by atoms with Gasteiger partial charge in [0.15, 0.2) is 0 Å². The Hall–Kier alpha value is -0.460. The third-order valence-corrected chi connectivity index (χ3v) is 5.50. The average molecular weight is 302 g/mol. The highest BCUT2D eigenvalue weighted by Gasteiger charge is 2.73. The largest absolute Gasteiger partial charge is 0.425 e. The molecule has 0 unspecified atom stereocenters. The Balaban J connectivity index is 1.96. The molecule has 116 valence electrons. The molecule has 4 fully saturated rings. The Labute approximate surface area is 112 Å². The molecule has 4 aliphatic rings. The maximum absolute atomic E-state index is 14.3. The van der Waals surface area contributed by atoms with Gasteiger partial charge in [0.25, 0.3) is 12.1 Å². The van der Waals surface area contributed by atoms with Crippen molar-refractivity contribution in [2.45, 2.75) is 62.3 Å². The van der Waals surface area contributed by atoms with E-state index in [1.165, 1.54) is 0 Å². The predicted octanol–water partition coefficient (Wildman–Crippen LogP) is 3.10. The van der Waals surface area contributed by atoms with Gasteiger partial charge in [0.05, 0.1) is 5.54 Å². The molecule has 0 radical (unpaired) electrons. The normalized spacial score (nSPS) is 45.8. The van der Waals surface area contributed by atoms with Crippen LogP contribution in [0.2, 0.25) is 0 Å². The summed E-state index contributed by atoms with van der Waals surface area (Å²) in [5, 5.41) is 0. The van der Waals surface area contributed by atoms with Crippen LogP contribution in [-0.2, 0) is 0 Å². The van der Waals surface area contributed by atoms with Crippen molar-refractivity contribution in [1.29, 1.82) is 0 Å². The molecule has 0 saturated heterocycles. The van der Waals surface area contributed by atoms with Crippen LogP contribution >= 0.6 is 0 Å². The molecule has 7 heteroatoms. The third-order valence-electron chi connectivity index (χ3n) is 5.50. The van der Waals surface area contributed by atoms with Gasteiger partial charge in [-0.25, -0.2) is 13.2 Å². The number of hydrogen-bond donors (Lipinski definition) is 1. The Morgan fingerprint density at radius 1 is 0.950 bits per heavy atom. The van der Waals surface area contributed by atoms with E-state index in [4.69, 9.17) is 0 Å². The molecule has 20 heavy (non-hydrogen) atoms. The highest BCUT2D eigenvalue weighted by Crippen LogP contribution is 2.66. The van der Waals surface area contributed by atoms with Crippen LogP contribution in [0.25, 0.3) is 0 Å². The Morgan fingerprint density at radius 3 is 1.85 bits per heavy atom. The molecule has 3 atom stereocenters. The van der Waals surface area contributed by atoms with Crippen LogP contribution in [0, 0.1) is 17.3 Å². The first kappa shape index (κ1) is 14.5. The minimum absolute atomic E-state index is 0.00424. The summed E-state index contributed by atoms with van der Waals surface area (Å²) in [5.74, 6) is -4.41. The van der Waals surface area contributed by atoms with Crippen LogP contribution in [0.1, 0.15) is 38.5 Å². The van der Waals surface area contributed by atoms with Gasteiger partial charge in [-0.3, -0.25) is 0 Å². The maximum atomic E-state index is 14.3. The summed E-state index contributed by atoms with van der Waals surface area (Å²) in [4.78, 5) is 0. The highest BCUT2D eigenvalue weighted by atomic mass is 19.4. The van der Waals surface area contributed by atoms with Crippen LogP contribution in [0.15, 0.2) is 0 Å².